The highest BCUT2D eigenvalue weighted by molar-refractivity contribution is 7.89. The Morgan fingerprint density at radius 3 is 2.57 bits per heavy atom. The van der Waals surface area contributed by atoms with E-state index in [1.54, 1.807) is 19.2 Å². The summed E-state index contributed by atoms with van der Waals surface area (Å²) < 4.78 is 50.4. The molecule has 0 aliphatic carbocycles. The number of hydrogen-bond donors (Lipinski definition) is 2. The summed E-state index contributed by atoms with van der Waals surface area (Å²) in [7, 11) is -2.32. The Balaban J connectivity index is 3.15. The Bertz CT molecular complexity index is 552. The van der Waals surface area contributed by atoms with Crippen LogP contribution in [0.5, 0.6) is 0 Å². The Kier molecular flexibility index (Phi) is 6.66. The summed E-state index contributed by atoms with van der Waals surface area (Å²) in [5.41, 5.74) is 0.736. The van der Waals surface area contributed by atoms with Crippen LogP contribution >= 0.6 is 0 Å². The van der Waals surface area contributed by atoms with Gasteiger partial charge in [-0.3, -0.25) is 0 Å². The minimum atomic E-state index is -4.06. The van der Waals surface area contributed by atoms with Crippen molar-refractivity contribution in [2.24, 2.45) is 0 Å². The summed E-state index contributed by atoms with van der Waals surface area (Å²) in [5.74, 6) is 0. The van der Waals surface area contributed by atoms with Crippen molar-refractivity contribution in [1.82, 2.24) is 9.62 Å². The lowest BCUT2D eigenvalue weighted by Crippen LogP contribution is -2.37. The van der Waals surface area contributed by atoms with Gasteiger partial charge in [0.1, 0.15) is 0 Å². The van der Waals surface area contributed by atoms with Gasteiger partial charge < -0.3 is 10.4 Å². The van der Waals surface area contributed by atoms with E-state index >= 15 is 0 Å². The number of nitrogens with zero attached hydrogens (tertiary/aromatic N) is 1. The molecule has 1 unspecified atom stereocenters. The summed E-state index contributed by atoms with van der Waals surface area (Å²) in [6, 6.07) is 6.06. The Hall–Kier alpha value is -1.09. The molecule has 0 aliphatic heterocycles. The first kappa shape index (κ1) is 18.0. The smallest absolute Gasteiger partial charge is 0.252 e. The van der Waals surface area contributed by atoms with Crippen molar-refractivity contribution in [2.45, 2.75) is 24.3 Å². The third-order valence-electron chi connectivity index (χ3n) is 3.12. The van der Waals surface area contributed by atoms with Crippen LogP contribution in [-0.4, -0.2) is 51.0 Å². The molecule has 2 N–H and O–H groups in total. The number of alkyl halides is 2. The monoisotopic (exact) mass is 322 g/mol. The van der Waals surface area contributed by atoms with Gasteiger partial charge in [0.2, 0.25) is 10.0 Å². The molecule has 21 heavy (non-hydrogen) atoms. The van der Waals surface area contributed by atoms with E-state index in [4.69, 9.17) is 5.11 Å². The van der Waals surface area contributed by atoms with Gasteiger partial charge in [-0.1, -0.05) is 12.1 Å². The maximum Gasteiger partial charge on any atom is 0.252 e. The normalized spacial score (nSPS) is 13.9. The number of rotatable bonds is 8. The minimum absolute atomic E-state index is 0.0591. The number of sulfonamides is 1. The predicted molar refractivity (Wildman–Crippen MR) is 75.8 cm³/mol. The highest BCUT2D eigenvalue weighted by Crippen LogP contribution is 2.21. The second kappa shape index (κ2) is 7.79. The van der Waals surface area contributed by atoms with Crippen LogP contribution in [0.25, 0.3) is 0 Å². The van der Waals surface area contributed by atoms with E-state index in [-0.39, 0.29) is 17.5 Å². The van der Waals surface area contributed by atoms with E-state index in [0.717, 1.165) is 5.56 Å². The van der Waals surface area contributed by atoms with Crippen molar-refractivity contribution in [3.63, 3.8) is 0 Å². The highest BCUT2D eigenvalue weighted by atomic mass is 32.2. The zero-order chi connectivity index (χ0) is 16.0. The summed E-state index contributed by atoms with van der Waals surface area (Å²) in [6.07, 6.45) is -2.80. The van der Waals surface area contributed by atoms with Gasteiger partial charge in [0.15, 0.2) is 0 Å². The molecule has 1 aromatic rings. The number of aliphatic hydroxyl groups excluding tert-OH is 1. The first-order valence-electron chi connectivity index (χ1n) is 6.49. The lowest BCUT2D eigenvalue weighted by Gasteiger charge is -2.21. The molecule has 1 atom stereocenters. The average molecular weight is 322 g/mol. The largest absolute Gasteiger partial charge is 0.395 e. The van der Waals surface area contributed by atoms with Crippen LogP contribution < -0.4 is 5.32 Å². The quantitative estimate of drug-likeness (QED) is 0.755. The zero-order valence-corrected chi connectivity index (χ0v) is 12.8. The Morgan fingerprint density at radius 2 is 2.05 bits per heavy atom. The molecule has 0 fully saturated rings. The summed E-state index contributed by atoms with van der Waals surface area (Å²) >= 11 is 0. The van der Waals surface area contributed by atoms with E-state index < -0.39 is 29.6 Å². The fraction of sp³-hybridized carbons (Fsp3) is 0.538. The van der Waals surface area contributed by atoms with E-state index in [2.05, 4.69) is 5.32 Å². The van der Waals surface area contributed by atoms with Crippen LogP contribution in [0.1, 0.15) is 18.5 Å². The van der Waals surface area contributed by atoms with Gasteiger partial charge >= 0.3 is 0 Å². The maximum absolute atomic E-state index is 12.5. The molecule has 0 aliphatic rings. The minimum Gasteiger partial charge on any atom is -0.395 e. The van der Waals surface area contributed by atoms with E-state index in [9.17, 15) is 17.2 Å². The van der Waals surface area contributed by atoms with E-state index in [0.29, 0.717) is 4.31 Å². The number of nitrogens with one attached hydrogen (secondary N) is 1. The van der Waals surface area contributed by atoms with Crippen LogP contribution in [0.3, 0.4) is 0 Å². The molecule has 0 amide bonds. The lowest BCUT2D eigenvalue weighted by molar-refractivity contribution is 0.113. The third kappa shape index (κ3) is 4.70. The number of aliphatic hydroxyl groups is 1. The van der Waals surface area contributed by atoms with Crippen molar-refractivity contribution in [1.29, 1.82) is 0 Å². The molecule has 1 aromatic carbocycles. The van der Waals surface area contributed by atoms with Crippen molar-refractivity contribution in [2.75, 3.05) is 26.7 Å². The van der Waals surface area contributed by atoms with Gasteiger partial charge in [0.25, 0.3) is 6.43 Å². The molecule has 120 valence electrons. The van der Waals surface area contributed by atoms with E-state index in [1.807, 2.05) is 6.92 Å². The van der Waals surface area contributed by atoms with Gasteiger partial charge in [-0.25, -0.2) is 17.2 Å². The van der Waals surface area contributed by atoms with Crippen molar-refractivity contribution < 1.29 is 22.3 Å². The first-order valence-corrected chi connectivity index (χ1v) is 7.93. The summed E-state index contributed by atoms with van der Waals surface area (Å²) in [4.78, 5) is -0.0591. The van der Waals surface area contributed by atoms with Crippen molar-refractivity contribution in [3.05, 3.63) is 29.8 Å². The number of halogens is 2. The molecule has 5 nitrogen and oxygen atoms in total. The molecule has 0 aromatic heterocycles. The second-order valence-electron chi connectivity index (χ2n) is 4.56. The van der Waals surface area contributed by atoms with Crippen LogP contribution in [-0.2, 0) is 10.0 Å². The molecule has 8 heteroatoms. The van der Waals surface area contributed by atoms with Crippen LogP contribution in [0, 0.1) is 0 Å². The summed E-state index contributed by atoms with van der Waals surface area (Å²) in [6.45, 7) is 0.0438. The molecular weight excluding hydrogens is 302 g/mol. The molecule has 0 heterocycles. The van der Waals surface area contributed by atoms with Crippen LogP contribution in [0.15, 0.2) is 29.2 Å². The number of benzene rings is 1. The molecule has 0 bridgehead atoms. The average Bonchev–Trinajstić information content (AvgIpc) is 2.45. The standard InChI is InChI=1S/C13H20F2N2O3S/c1-10(16-2)11-4-3-5-12(8-11)21(19,20)17(6-7-18)9-13(14)15/h3-5,8,10,13,16,18H,6-7,9H2,1-2H3. The lowest BCUT2D eigenvalue weighted by atomic mass is 10.1. The maximum atomic E-state index is 12.5. The number of hydrogen-bond acceptors (Lipinski definition) is 4. The van der Waals surface area contributed by atoms with Gasteiger partial charge in [-0.15, -0.1) is 0 Å². The van der Waals surface area contributed by atoms with Gasteiger partial charge in [0, 0.05) is 12.6 Å². The first-order chi connectivity index (χ1) is 9.82. The van der Waals surface area contributed by atoms with E-state index in [1.165, 1.54) is 12.1 Å². The fourth-order valence-corrected chi connectivity index (χ4v) is 3.30. The molecular formula is C13H20F2N2O3S. The van der Waals surface area contributed by atoms with Crippen LogP contribution in [0.2, 0.25) is 0 Å². The molecule has 0 spiro atoms. The highest BCUT2D eigenvalue weighted by Gasteiger charge is 2.27. The Morgan fingerprint density at radius 1 is 1.38 bits per heavy atom. The topological polar surface area (TPSA) is 69.6 Å². The SMILES string of the molecule is CNC(C)c1cccc(S(=O)(=O)N(CCO)CC(F)F)c1. The molecule has 0 saturated heterocycles. The van der Waals surface area contributed by atoms with Gasteiger partial charge in [-0.2, -0.15) is 4.31 Å². The van der Waals surface area contributed by atoms with Crippen molar-refractivity contribution >= 4 is 10.0 Å². The van der Waals surface area contributed by atoms with Gasteiger partial charge in [-0.05, 0) is 31.7 Å². The second-order valence-corrected chi connectivity index (χ2v) is 6.50. The van der Waals surface area contributed by atoms with Crippen molar-refractivity contribution in [3.8, 4) is 0 Å². The fourth-order valence-electron chi connectivity index (χ4n) is 1.84. The molecule has 0 saturated carbocycles. The molecule has 0 radical (unpaired) electrons. The van der Waals surface area contributed by atoms with Gasteiger partial charge in [0.05, 0.1) is 18.0 Å². The molecule has 1 rings (SSSR count). The predicted octanol–water partition coefficient (Wildman–Crippen LogP) is 1.22. The zero-order valence-electron chi connectivity index (χ0n) is 12.0. The third-order valence-corrected chi connectivity index (χ3v) is 4.98. The van der Waals surface area contributed by atoms with Crippen LogP contribution in [0.4, 0.5) is 8.78 Å². The Labute approximate surface area is 123 Å². The summed E-state index contributed by atoms with van der Waals surface area (Å²) in [5, 5.41) is 11.9.